The molecule has 0 aliphatic carbocycles. The fraction of sp³-hybridized carbons (Fsp3) is 0.200. The number of halogens is 2. The van der Waals surface area contributed by atoms with Crippen molar-refractivity contribution in [3.63, 3.8) is 0 Å². The van der Waals surface area contributed by atoms with Crippen molar-refractivity contribution in [1.29, 1.82) is 0 Å². The second kappa shape index (κ2) is 9.30. The largest absolute Gasteiger partial charge is 0.482 e. The zero-order valence-electron chi connectivity index (χ0n) is 15.0. The lowest BCUT2D eigenvalue weighted by molar-refractivity contribution is 0.166. The highest BCUT2D eigenvalue weighted by molar-refractivity contribution is 9.10. The van der Waals surface area contributed by atoms with Crippen molar-refractivity contribution in [1.82, 2.24) is 0 Å². The Morgan fingerprint density at radius 1 is 1.26 bits per heavy atom. The molecule has 0 bridgehead atoms. The number of benzene rings is 2. The van der Waals surface area contributed by atoms with E-state index in [1.807, 2.05) is 6.92 Å². The third-order valence-corrected chi connectivity index (χ3v) is 5.50. The van der Waals surface area contributed by atoms with Gasteiger partial charge in [0.05, 0.1) is 9.37 Å². The van der Waals surface area contributed by atoms with Gasteiger partial charge in [-0.15, -0.1) is 0 Å². The number of allylic oxidation sites excluding steroid dienone is 1. The van der Waals surface area contributed by atoms with Crippen LogP contribution in [-0.2, 0) is 14.3 Å². The Morgan fingerprint density at radius 2 is 1.93 bits per heavy atom. The summed E-state index contributed by atoms with van der Waals surface area (Å²) in [4.78, 5) is 0.0634. The fourth-order valence-electron chi connectivity index (χ4n) is 2.24. The molecule has 0 aromatic heterocycles. The predicted molar refractivity (Wildman–Crippen MR) is 108 cm³/mol. The van der Waals surface area contributed by atoms with Gasteiger partial charge in [-0.2, -0.15) is 8.42 Å². The van der Waals surface area contributed by atoms with E-state index >= 15 is 0 Å². The van der Waals surface area contributed by atoms with Crippen LogP contribution in [0.3, 0.4) is 0 Å². The van der Waals surface area contributed by atoms with E-state index in [0.29, 0.717) is 15.8 Å². The van der Waals surface area contributed by atoms with E-state index in [1.165, 1.54) is 30.3 Å². The van der Waals surface area contributed by atoms with E-state index in [4.69, 9.17) is 8.92 Å². The first kappa shape index (κ1) is 21.3. The molecule has 2 aromatic rings. The van der Waals surface area contributed by atoms with Gasteiger partial charge in [0.1, 0.15) is 24.3 Å². The van der Waals surface area contributed by atoms with Crippen LogP contribution in [0.5, 0.6) is 5.75 Å². The molecule has 0 aliphatic rings. The molecule has 144 valence electrons. The van der Waals surface area contributed by atoms with Crippen LogP contribution in [0.25, 0.3) is 6.08 Å². The Labute approximate surface area is 167 Å². The topological polar surface area (TPSA) is 52.6 Å². The maximum absolute atomic E-state index is 13.6. The Balaban J connectivity index is 2.17. The molecule has 0 heterocycles. The average molecular weight is 455 g/mol. The normalized spacial score (nSPS) is 12.9. The maximum Gasteiger partial charge on any atom is 0.297 e. The molecule has 0 aliphatic heterocycles. The average Bonchev–Trinajstić information content (AvgIpc) is 2.61. The van der Waals surface area contributed by atoms with Crippen molar-refractivity contribution >= 4 is 32.1 Å². The first-order chi connectivity index (χ1) is 12.8. The van der Waals surface area contributed by atoms with Crippen molar-refractivity contribution in [2.45, 2.75) is 24.8 Å². The SMILES string of the molecule is C=CC(COS(=O)(=O)c1ccc(C)cc1)Oc1c(Br)cc(F)cc1C=CC. The van der Waals surface area contributed by atoms with Crippen molar-refractivity contribution < 1.29 is 21.7 Å². The molecule has 0 fully saturated rings. The van der Waals surface area contributed by atoms with Crippen molar-refractivity contribution in [3.8, 4) is 5.75 Å². The third-order valence-electron chi connectivity index (χ3n) is 3.61. The molecule has 0 amide bonds. The molecular formula is C20H20BrFO4S. The minimum absolute atomic E-state index is 0.0634. The summed E-state index contributed by atoms with van der Waals surface area (Å²) in [5.74, 6) is -0.0496. The monoisotopic (exact) mass is 454 g/mol. The van der Waals surface area contributed by atoms with Crippen molar-refractivity contribution in [2.24, 2.45) is 0 Å². The maximum atomic E-state index is 13.6. The van der Waals surface area contributed by atoms with Crippen molar-refractivity contribution in [2.75, 3.05) is 6.61 Å². The highest BCUT2D eigenvalue weighted by atomic mass is 79.9. The first-order valence-electron chi connectivity index (χ1n) is 8.14. The summed E-state index contributed by atoms with van der Waals surface area (Å²) < 4.78 is 49.6. The van der Waals surface area contributed by atoms with Crippen molar-refractivity contribution in [3.05, 3.63) is 76.5 Å². The summed E-state index contributed by atoms with van der Waals surface area (Å²) in [7, 11) is -3.93. The summed E-state index contributed by atoms with van der Waals surface area (Å²) in [5.41, 5.74) is 1.46. The van der Waals surface area contributed by atoms with Gasteiger partial charge < -0.3 is 4.74 Å². The molecule has 0 saturated carbocycles. The molecule has 2 rings (SSSR count). The van der Waals surface area contributed by atoms with Crippen LogP contribution in [0.4, 0.5) is 4.39 Å². The van der Waals surface area contributed by atoms with Gasteiger partial charge in [-0.1, -0.05) is 36.4 Å². The van der Waals surface area contributed by atoms with Gasteiger partial charge in [-0.25, -0.2) is 4.39 Å². The van der Waals surface area contributed by atoms with Crippen LogP contribution < -0.4 is 4.74 Å². The van der Waals surface area contributed by atoms with E-state index in [-0.39, 0.29) is 11.5 Å². The number of ether oxygens (including phenoxy) is 1. The molecule has 0 N–H and O–H groups in total. The number of rotatable bonds is 8. The van der Waals surface area contributed by atoms with Gasteiger partial charge in [0.15, 0.2) is 0 Å². The zero-order chi connectivity index (χ0) is 20.0. The van der Waals surface area contributed by atoms with E-state index < -0.39 is 22.0 Å². The smallest absolute Gasteiger partial charge is 0.297 e. The molecule has 2 aromatic carbocycles. The van der Waals surface area contributed by atoms with Crippen LogP contribution in [0, 0.1) is 12.7 Å². The van der Waals surface area contributed by atoms with Crippen LogP contribution in [0.1, 0.15) is 18.1 Å². The van der Waals surface area contributed by atoms with Gasteiger partial charge in [0, 0.05) is 5.56 Å². The molecule has 1 unspecified atom stereocenters. The number of hydrogen-bond acceptors (Lipinski definition) is 4. The first-order valence-corrected chi connectivity index (χ1v) is 10.3. The summed E-state index contributed by atoms with van der Waals surface area (Å²) in [6.45, 7) is 7.05. The van der Waals surface area contributed by atoms with E-state index in [1.54, 1.807) is 31.2 Å². The molecule has 1 atom stereocenters. The quantitative estimate of drug-likeness (QED) is 0.402. The van der Waals surface area contributed by atoms with E-state index in [0.717, 1.165) is 5.56 Å². The van der Waals surface area contributed by atoms with Gasteiger partial charge in [0.2, 0.25) is 0 Å². The Bertz CT molecular complexity index is 937. The number of hydrogen-bond donors (Lipinski definition) is 0. The molecule has 0 saturated heterocycles. The molecule has 7 heteroatoms. The molecular weight excluding hydrogens is 435 g/mol. The lowest BCUT2D eigenvalue weighted by atomic mass is 10.2. The minimum Gasteiger partial charge on any atom is -0.482 e. The second-order valence-corrected chi connectivity index (χ2v) is 8.22. The predicted octanol–water partition coefficient (Wildman–Crippen LogP) is 5.27. The van der Waals surface area contributed by atoms with Gasteiger partial charge in [-0.05, 0) is 60.1 Å². The molecule has 27 heavy (non-hydrogen) atoms. The lowest BCUT2D eigenvalue weighted by Gasteiger charge is -2.18. The number of aryl methyl sites for hydroxylation is 1. The van der Waals surface area contributed by atoms with Crippen LogP contribution in [-0.4, -0.2) is 21.1 Å². The molecule has 0 radical (unpaired) electrons. The highest BCUT2D eigenvalue weighted by Crippen LogP contribution is 2.32. The zero-order valence-corrected chi connectivity index (χ0v) is 17.4. The van der Waals surface area contributed by atoms with Crippen LogP contribution in [0.2, 0.25) is 0 Å². The van der Waals surface area contributed by atoms with E-state index in [2.05, 4.69) is 22.5 Å². The summed E-state index contributed by atoms with van der Waals surface area (Å²) >= 11 is 3.27. The Morgan fingerprint density at radius 3 is 2.52 bits per heavy atom. The van der Waals surface area contributed by atoms with Crippen LogP contribution >= 0.6 is 15.9 Å². The third kappa shape index (κ3) is 5.76. The molecule has 4 nitrogen and oxygen atoms in total. The summed E-state index contributed by atoms with van der Waals surface area (Å²) in [6.07, 6.45) is 4.11. The standard InChI is InChI=1S/C20H20BrFO4S/c1-4-6-15-11-16(22)12-19(21)20(15)26-17(5-2)13-25-27(23,24)18-9-7-14(3)8-10-18/h4-12,17H,2,13H2,1,3H3. The van der Waals surface area contributed by atoms with Gasteiger partial charge in [0.25, 0.3) is 10.1 Å². The van der Waals surface area contributed by atoms with Gasteiger partial charge in [-0.3, -0.25) is 4.18 Å². The van der Waals surface area contributed by atoms with Gasteiger partial charge >= 0.3 is 0 Å². The Kier molecular flexibility index (Phi) is 7.35. The Hall–Kier alpha value is -1.96. The van der Waals surface area contributed by atoms with E-state index in [9.17, 15) is 12.8 Å². The highest BCUT2D eigenvalue weighted by Gasteiger charge is 2.20. The minimum atomic E-state index is -3.93. The second-order valence-electron chi connectivity index (χ2n) is 5.75. The lowest BCUT2D eigenvalue weighted by Crippen LogP contribution is -2.23. The summed E-state index contributed by atoms with van der Waals surface area (Å²) in [5, 5.41) is 0. The summed E-state index contributed by atoms with van der Waals surface area (Å²) in [6, 6.07) is 8.94. The fourth-order valence-corrected chi connectivity index (χ4v) is 3.70. The van der Waals surface area contributed by atoms with Crippen LogP contribution in [0.15, 0.2) is 64.5 Å². The molecule has 0 spiro atoms.